The van der Waals surface area contributed by atoms with Crippen molar-refractivity contribution in [2.45, 2.75) is 0 Å². The van der Waals surface area contributed by atoms with Crippen molar-refractivity contribution in [3.05, 3.63) is 103 Å². The van der Waals surface area contributed by atoms with Crippen molar-refractivity contribution in [2.24, 2.45) is 0 Å². The van der Waals surface area contributed by atoms with Gasteiger partial charge in [0.15, 0.2) is 0 Å². The van der Waals surface area contributed by atoms with Gasteiger partial charge in [-0.15, -0.1) is 0 Å². The van der Waals surface area contributed by atoms with Crippen LogP contribution in [-0.4, -0.2) is 11.9 Å². The van der Waals surface area contributed by atoms with E-state index in [1.807, 2.05) is 42.5 Å². The molecule has 0 heterocycles. The number of ether oxygens (including phenoxy) is 2. The molecule has 0 radical (unpaired) electrons. The van der Waals surface area contributed by atoms with E-state index >= 15 is 0 Å². The molecule has 0 amide bonds. The van der Waals surface area contributed by atoms with E-state index in [1.165, 1.54) is 6.08 Å². The average Bonchev–Trinajstić information content (AvgIpc) is 2.74. The maximum Gasteiger partial charge on any atom is 0.336 e. The second kappa shape index (κ2) is 9.14. The Bertz CT molecular complexity index is 985. The fourth-order valence-corrected chi connectivity index (χ4v) is 2.47. The first kappa shape index (κ1) is 18.9. The van der Waals surface area contributed by atoms with Crippen LogP contribution in [0.1, 0.15) is 5.56 Å². The summed E-state index contributed by atoms with van der Waals surface area (Å²) in [7, 11) is 0. The minimum atomic E-state index is -0.523. The molecule has 3 rings (SSSR count). The quantitative estimate of drug-likeness (QED) is 0.346. The summed E-state index contributed by atoms with van der Waals surface area (Å²) in [5, 5.41) is 0. The van der Waals surface area contributed by atoms with Crippen molar-refractivity contribution in [2.75, 3.05) is 0 Å². The van der Waals surface area contributed by atoms with Crippen molar-refractivity contribution >= 4 is 18.0 Å². The van der Waals surface area contributed by atoms with Gasteiger partial charge < -0.3 is 9.47 Å². The predicted octanol–water partition coefficient (Wildman–Crippen LogP) is 5.06. The highest BCUT2D eigenvalue weighted by Gasteiger charge is 2.03. The molecule has 0 saturated heterocycles. The summed E-state index contributed by atoms with van der Waals surface area (Å²) in [5.41, 5.74) is 2.92. The van der Waals surface area contributed by atoms with E-state index in [9.17, 15) is 9.59 Å². The number of esters is 2. The zero-order valence-corrected chi connectivity index (χ0v) is 15.1. The van der Waals surface area contributed by atoms with E-state index in [-0.39, 0.29) is 0 Å². The van der Waals surface area contributed by atoms with Crippen molar-refractivity contribution in [3.8, 4) is 22.6 Å². The van der Waals surface area contributed by atoms with Crippen LogP contribution in [0.4, 0.5) is 0 Å². The molecular weight excluding hydrogens is 352 g/mol. The van der Waals surface area contributed by atoms with Gasteiger partial charge in [-0.1, -0.05) is 61.2 Å². The van der Waals surface area contributed by atoms with Crippen molar-refractivity contribution in [1.29, 1.82) is 0 Å². The highest BCUT2D eigenvalue weighted by Crippen LogP contribution is 2.22. The molecule has 0 bridgehead atoms. The summed E-state index contributed by atoms with van der Waals surface area (Å²) >= 11 is 0. The van der Waals surface area contributed by atoms with Crippen LogP contribution in [0.2, 0.25) is 0 Å². The second-order valence-corrected chi connectivity index (χ2v) is 5.84. The molecule has 4 heteroatoms. The summed E-state index contributed by atoms with van der Waals surface area (Å²) in [6, 6.07) is 24.0. The standard InChI is InChI=1S/C24H18O4/c1-2-23(25)27-21-13-8-18(9-14-21)10-17-24(26)28-22-15-11-20(12-16-22)19-6-4-3-5-7-19/h2-17H,1H2/b17-10+. The molecule has 0 aromatic heterocycles. The lowest BCUT2D eigenvalue weighted by Gasteiger charge is -2.04. The third-order valence-electron chi connectivity index (χ3n) is 3.86. The van der Waals surface area contributed by atoms with E-state index in [2.05, 4.69) is 6.58 Å². The maximum absolute atomic E-state index is 12.0. The van der Waals surface area contributed by atoms with E-state index in [1.54, 1.807) is 42.5 Å². The van der Waals surface area contributed by atoms with Crippen LogP contribution in [0, 0.1) is 0 Å². The van der Waals surface area contributed by atoms with Crippen molar-refractivity contribution in [1.82, 2.24) is 0 Å². The van der Waals surface area contributed by atoms with E-state index in [0.29, 0.717) is 11.5 Å². The largest absolute Gasteiger partial charge is 0.423 e. The molecule has 138 valence electrons. The van der Waals surface area contributed by atoms with E-state index in [4.69, 9.17) is 9.47 Å². The number of rotatable bonds is 6. The molecule has 3 aromatic carbocycles. The molecule has 0 atom stereocenters. The summed E-state index contributed by atoms with van der Waals surface area (Å²) in [6.07, 6.45) is 4.06. The lowest BCUT2D eigenvalue weighted by Crippen LogP contribution is -2.03. The molecule has 0 spiro atoms. The van der Waals surface area contributed by atoms with Gasteiger partial charge >= 0.3 is 11.9 Å². The number of hydrogen-bond donors (Lipinski definition) is 0. The Morgan fingerprint density at radius 3 is 1.82 bits per heavy atom. The lowest BCUT2D eigenvalue weighted by atomic mass is 10.1. The Labute approximate surface area is 163 Å². The van der Waals surface area contributed by atoms with E-state index in [0.717, 1.165) is 22.8 Å². The summed E-state index contributed by atoms with van der Waals surface area (Å²) in [5.74, 6) is -0.121. The van der Waals surface area contributed by atoms with Crippen molar-refractivity contribution < 1.29 is 19.1 Å². The van der Waals surface area contributed by atoms with Gasteiger partial charge in [-0.2, -0.15) is 0 Å². The maximum atomic E-state index is 12.0. The first-order valence-electron chi connectivity index (χ1n) is 8.64. The smallest absolute Gasteiger partial charge is 0.336 e. The zero-order valence-electron chi connectivity index (χ0n) is 15.1. The van der Waals surface area contributed by atoms with Gasteiger partial charge in [0.25, 0.3) is 0 Å². The molecular formula is C24H18O4. The molecule has 0 aliphatic carbocycles. The third-order valence-corrected chi connectivity index (χ3v) is 3.86. The van der Waals surface area contributed by atoms with E-state index < -0.39 is 11.9 Å². The average molecular weight is 370 g/mol. The molecule has 3 aromatic rings. The van der Waals surface area contributed by atoms with Gasteiger partial charge in [0.1, 0.15) is 11.5 Å². The van der Waals surface area contributed by atoms with Crippen LogP contribution in [0.5, 0.6) is 11.5 Å². The fraction of sp³-hybridized carbons (Fsp3) is 0. The number of hydrogen-bond acceptors (Lipinski definition) is 4. The van der Waals surface area contributed by atoms with Crippen LogP contribution in [0.3, 0.4) is 0 Å². The van der Waals surface area contributed by atoms with Gasteiger partial charge in [-0.05, 0) is 47.0 Å². The van der Waals surface area contributed by atoms with Gasteiger partial charge in [0.05, 0.1) is 0 Å². The summed E-state index contributed by atoms with van der Waals surface area (Å²) in [4.78, 5) is 23.1. The Morgan fingerprint density at radius 2 is 1.21 bits per heavy atom. The minimum absolute atomic E-state index is 0.406. The molecule has 28 heavy (non-hydrogen) atoms. The topological polar surface area (TPSA) is 52.6 Å². The van der Waals surface area contributed by atoms with Gasteiger partial charge in [-0.3, -0.25) is 0 Å². The van der Waals surface area contributed by atoms with Crippen molar-refractivity contribution in [3.63, 3.8) is 0 Å². The zero-order chi connectivity index (χ0) is 19.8. The number of carbonyl (C=O) groups is 2. The Balaban J connectivity index is 1.57. The molecule has 4 nitrogen and oxygen atoms in total. The Morgan fingerprint density at radius 1 is 0.679 bits per heavy atom. The third kappa shape index (κ3) is 5.29. The highest BCUT2D eigenvalue weighted by atomic mass is 16.5. The Kier molecular flexibility index (Phi) is 6.16. The SMILES string of the molecule is C=CC(=O)Oc1ccc(/C=C/C(=O)Oc2ccc(-c3ccccc3)cc2)cc1. The second-order valence-electron chi connectivity index (χ2n) is 5.84. The first-order chi connectivity index (χ1) is 13.6. The molecule has 0 fully saturated rings. The first-order valence-corrected chi connectivity index (χ1v) is 8.64. The Hall–Kier alpha value is -3.92. The molecule has 0 saturated carbocycles. The summed E-state index contributed by atoms with van der Waals surface area (Å²) in [6.45, 7) is 3.34. The van der Waals surface area contributed by atoms with Crippen LogP contribution in [0.15, 0.2) is 97.6 Å². The van der Waals surface area contributed by atoms with Crippen LogP contribution in [0.25, 0.3) is 17.2 Å². The predicted molar refractivity (Wildman–Crippen MR) is 109 cm³/mol. The van der Waals surface area contributed by atoms with Gasteiger partial charge in [0, 0.05) is 12.2 Å². The molecule has 0 unspecified atom stereocenters. The molecule has 0 aliphatic rings. The number of carbonyl (C=O) groups excluding carboxylic acids is 2. The van der Waals surface area contributed by atoms with Crippen LogP contribution < -0.4 is 9.47 Å². The van der Waals surface area contributed by atoms with Crippen LogP contribution >= 0.6 is 0 Å². The summed E-state index contributed by atoms with van der Waals surface area (Å²) < 4.78 is 10.3. The van der Waals surface area contributed by atoms with Gasteiger partial charge in [-0.25, -0.2) is 9.59 Å². The van der Waals surface area contributed by atoms with Crippen LogP contribution in [-0.2, 0) is 9.59 Å². The lowest BCUT2D eigenvalue weighted by molar-refractivity contribution is -0.129. The minimum Gasteiger partial charge on any atom is -0.423 e. The molecule has 0 aliphatic heterocycles. The van der Waals surface area contributed by atoms with Gasteiger partial charge in [0.2, 0.25) is 0 Å². The normalized spacial score (nSPS) is 10.4. The monoisotopic (exact) mass is 370 g/mol. The number of benzene rings is 3. The molecule has 0 N–H and O–H groups in total. The fourth-order valence-electron chi connectivity index (χ4n) is 2.47. The highest BCUT2D eigenvalue weighted by molar-refractivity contribution is 5.89.